The van der Waals surface area contributed by atoms with Crippen molar-refractivity contribution in [2.24, 2.45) is 0 Å². The summed E-state index contributed by atoms with van der Waals surface area (Å²) in [5.41, 5.74) is 3.36. The van der Waals surface area contributed by atoms with Crippen LogP contribution in [0.25, 0.3) is 0 Å². The van der Waals surface area contributed by atoms with Gasteiger partial charge in [0.25, 0.3) is 5.95 Å². The highest BCUT2D eigenvalue weighted by Crippen LogP contribution is 2.45. The van der Waals surface area contributed by atoms with E-state index >= 15 is 0 Å². The first-order valence-electron chi connectivity index (χ1n) is 8.37. The maximum atomic E-state index is 12.7. The molecule has 0 fully saturated rings. The third-order valence-electron chi connectivity index (χ3n) is 5.11. The largest absolute Gasteiger partial charge is 0.468 e. The Morgan fingerprint density at radius 3 is 2.28 bits per heavy atom. The van der Waals surface area contributed by atoms with Gasteiger partial charge in [-0.25, -0.2) is 0 Å². The molecule has 0 bridgehead atoms. The van der Waals surface area contributed by atoms with Crippen LogP contribution < -0.4 is 10.2 Å². The van der Waals surface area contributed by atoms with Gasteiger partial charge in [-0.2, -0.15) is 0 Å². The molecule has 0 spiro atoms. The molecule has 0 saturated carbocycles. The van der Waals surface area contributed by atoms with E-state index in [1.165, 1.54) is 7.11 Å². The summed E-state index contributed by atoms with van der Waals surface area (Å²) in [4.78, 5) is 25.2. The van der Waals surface area contributed by atoms with Gasteiger partial charge in [-0.05, 0) is 59.6 Å². The fourth-order valence-electron chi connectivity index (χ4n) is 3.81. The quantitative estimate of drug-likeness (QED) is 0.820. The van der Waals surface area contributed by atoms with Crippen molar-refractivity contribution in [1.82, 2.24) is 0 Å². The molecule has 25 heavy (non-hydrogen) atoms. The Hall–Kier alpha value is -2.36. The lowest BCUT2D eigenvalue weighted by Gasteiger charge is -2.35. The van der Waals surface area contributed by atoms with Crippen molar-refractivity contribution >= 4 is 5.78 Å². The molecule has 1 aliphatic rings. The maximum absolute atomic E-state index is 12.7. The Morgan fingerprint density at radius 1 is 1.16 bits per heavy atom. The average Bonchev–Trinajstić information content (AvgIpc) is 2.57. The number of Topliss-reactive ketones (excluding diaryl/α,β-unsaturated/α-hetero) is 1. The summed E-state index contributed by atoms with van der Waals surface area (Å²) < 4.78 is 11.3. The van der Waals surface area contributed by atoms with Crippen molar-refractivity contribution in [2.75, 3.05) is 7.11 Å². The zero-order valence-electron chi connectivity index (χ0n) is 16.3. The van der Waals surface area contributed by atoms with Crippen LogP contribution in [0.4, 0.5) is 0 Å². The van der Waals surface area contributed by atoms with Gasteiger partial charge in [-0.3, -0.25) is 9.59 Å². The number of carbonyl (C=O) groups is 1. The van der Waals surface area contributed by atoms with E-state index in [2.05, 4.69) is 0 Å². The van der Waals surface area contributed by atoms with E-state index in [1.807, 2.05) is 39.8 Å². The van der Waals surface area contributed by atoms with E-state index in [0.29, 0.717) is 28.0 Å². The molecule has 0 N–H and O–H groups in total. The molecule has 1 aliphatic carbocycles. The Balaban J connectivity index is 2.94. The number of methoxy groups -OCH3 is 1. The second kappa shape index (κ2) is 6.51. The summed E-state index contributed by atoms with van der Waals surface area (Å²) in [6.45, 7) is 13.0. The van der Waals surface area contributed by atoms with E-state index in [-0.39, 0.29) is 17.2 Å². The monoisotopic (exact) mass is 342 g/mol. The minimum atomic E-state index is -0.719. The molecule has 0 aromatic carbocycles. The Morgan fingerprint density at radius 2 is 1.76 bits per heavy atom. The SMILES string of the molecule is CC=C(C)C1=C(C)C(=O)C(C)=C[C@@]1(C)c1oc(OC)c(C)c(=O)c1C. The molecule has 2 rings (SSSR count). The van der Waals surface area contributed by atoms with Crippen LogP contribution in [-0.2, 0) is 10.2 Å². The molecule has 4 heteroatoms. The third-order valence-corrected chi connectivity index (χ3v) is 5.11. The van der Waals surface area contributed by atoms with Crippen LogP contribution >= 0.6 is 0 Å². The molecule has 0 saturated heterocycles. The van der Waals surface area contributed by atoms with Crippen LogP contribution in [-0.4, -0.2) is 12.9 Å². The van der Waals surface area contributed by atoms with Gasteiger partial charge in [-0.15, -0.1) is 0 Å². The first kappa shape index (κ1) is 19.0. The minimum Gasteiger partial charge on any atom is -0.468 e. The number of hydrogen-bond acceptors (Lipinski definition) is 4. The zero-order chi connectivity index (χ0) is 19.1. The van der Waals surface area contributed by atoms with Crippen LogP contribution in [0.5, 0.6) is 5.95 Å². The lowest BCUT2D eigenvalue weighted by molar-refractivity contribution is -0.112. The molecule has 0 amide bonds. The van der Waals surface area contributed by atoms with Crippen LogP contribution in [0.15, 0.2) is 43.7 Å². The van der Waals surface area contributed by atoms with Crippen LogP contribution in [0, 0.1) is 13.8 Å². The van der Waals surface area contributed by atoms with Gasteiger partial charge in [0.2, 0.25) is 0 Å². The average molecular weight is 342 g/mol. The van der Waals surface area contributed by atoms with Gasteiger partial charge in [-0.1, -0.05) is 17.7 Å². The van der Waals surface area contributed by atoms with Gasteiger partial charge in [0.1, 0.15) is 5.76 Å². The van der Waals surface area contributed by atoms with Gasteiger partial charge >= 0.3 is 0 Å². The highest BCUT2D eigenvalue weighted by atomic mass is 16.6. The smallest absolute Gasteiger partial charge is 0.291 e. The molecule has 1 aromatic heterocycles. The molecule has 4 nitrogen and oxygen atoms in total. The first-order valence-corrected chi connectivity index (χ1v) is 8.37. The molecule has 0 unspecified atom stereocenters. The predicted molar refractivity (Wildman–Crippen MR) is 99.3 cm³/mol. The molecule has 0 radical (unpaired) electrons. The van der Waals surface area contributed by atoms with E-state index in [4.69, 9.17) is 9.15 Å². The normalized spacial score (nSPS) is 21.5. The van der Waals surface area contributed by atoms with Crippen molar-refractivity contribution in [3.63, 3.8) is 0 Å². The van der Waals surface area contributed by atoms with Gasteiger partial charge in [0.05, 0.1) is 18.1 Å². The lowest BCUT2D eigenvalue weighted by Crippen LogP contribution is -2.33. The molecule has 1 aromatic rings. The zero-order valence-corrected chi connectivity index (χ0v) is 16.3. The molecular weight excluding hydrogens is 316 g/mol. The number of allylic oxidation sites excluding steroid dienone is 6. The number of ketones is 1. The van der Waals surface area contributed by atoms with Crippen molar-refractivity contribution < 1.29 is 13.9 Å². The molecular formula is C21H26O4. The second-order valence-corrected chi connectivity index (χ2v) is 6.83. The van der Waals surface area contributed by atoms with Gasteiger partial charge in [0.15, 0.2) is 11.2 Å². The number of carbonyl (C=O) groups excluding carboxylic acids is 1. The minimum absolute atomic E-state index is 0.0211. The summed E-state index contributed by atoms with van der Waals surface area (Å²) in [6.07, 6.45) is 3.86. The predicted octanol–water partition coefficient (Wildman–Crippen LogP) is 4.33. The molecule has 1 heterocycles. The van der Waals surface area contributed by atoms with Crippen LogP contribution in [0.1, 0.15) is 51.5 Å². The van der Waals surface area contributed by atoms with E-state index in [0.717, 1.165) is 11.1 Å². The van der Waals surface area contributed by atoms with Crippen LogP contribution in [0.2, 0.25) is 0 Å². The summed E-state index contributed by atoms with van der Waals surface area (Å²) >= 11 is 0. The maximum Gasteiger partial charge on any atom is 0.291 e. The van der Waals surface area contributed by atoms with Crippen molar-refractivity contribution in [3.8, 4) is 5.95 Å². The molecule has 0 aliphatic heterocycles. The van der Waals surface area contributed by atoms with Gasteiger partial charge < -0.3 is 9.15 Å². The Bertz CT molecular complexity index is 893. The first-order chi connectivity index (χ1) is 11.6. The summed E-state index contributed by atoms with van der Waals surface area (Å²) in [5, 5.41) is 0. The highest BCUT2D eigenvalue weighted by Gasteiger charge is 2.41. The van der Waals surface area contributed by atoms with Crippen LogP contribution in [0.3, 0.4) is 0 Å². The van der Waals surface area contributed by atoms with Crippen molar-refractivity contribution in [2.45, 2.75) is 53.9 Å². The number of hydrogen-bond donors (Lipinski definition) is 0. The van der Waals surface area contributed by atoms with E-state index in [1.54, 1.807) is 20.8 Å². The molecule has 1 atom stereocenters. The van der Waals surface area contributed by atoms with Gasteiger partial charge in [0, 0.05) is 11.1 Å². The van der Waals surface area contributed by atoms with E-state index < -0.39 is 5.41 Å². The topological polar surface area (TPSA) is 56.5 Å². The third kappa shape index (κ3) is 2.80. The van der Waals surface area contributed by atoms with Crippen molar-refractivity contribution in [3.05, 3.63) is 61.6 Å². The second-order valence-electron chi connectivity index (χ2n) is 6.83. The summed E-state index contributed by atoms with van der Waals surface area (Å²) in [6, 6.07) is 0. The summed E-state index contributed by atoms with van der Waals surface area (Å²) in [7, 11) is 1.48. The molecule has 134 valence electrons. The standard InChI is InChI=1S/C21H26O4/c1-9-11(2)16-13(4)17(22)12(3)10-21(16,7)19-14(5)18(23)15(6)20(24-8)25-19/h9-10H,1-8H3/t21-/m1/s1. The fraction of sp³-hybridized carbons (Fsp3) is 0.429. The highest BCUT2D eigenvalue weighted by molar-refractivity contribution is 6.10. The number of rotatable bonds is 3. The Kier molecular flexibility index (Phi) is 4.94. The summed E-state index contributed by atoms with van der Waals surface area (Å²) in [5.74, 6) is 0.750. The number of ether oxygens (including phenoxy) is 1. The Labute approximate surface area is 148 Å². The fourth-order valence-corrected chi connectivity index (χ4v) is 3.81. The lowest BCUT2D eigenvalue weighted by atomic mass is 9.68. The van der Waals surface area contributed by atoms with E-state index in [9.17, 15) is 9.59 Å². The van der Waals surface area contributed by atoms with Crippen molar-refractivity contribution in [1.29, 1.82) is 0 Å².